The Kier molecular flexibility index (Phi) is 19.3. The van der Waals surface area contributed by atoms with E-state index in [1.807, 2.05) is 0 Å². The Labute approximate surface area is 563 Å². The van der Waals surface area contributed by atoms with Crippen molar-refractivity contribution in [3.8, 4) is 23.0 Å². The summed E-state index contributed by atoms with van der Waals surface area (Å²) < 4.78 is 81.2. The van der Waals surface area contributed by atoms with E-state index in [0.29, 0.717) is 0 Å². The van der Waals surface area contributed by atoms with Gasteiger partial charge < -0.3 is 108 Å². The van der Waals surface area contributed by atoms with E-state index < -0.39 is 252 Å². The van der Waals surface area contributed by atoms with E-state index in [1.54, 1.807) is 79.5 Å². The van der Waals surface area contributed by atoms with Crippen molar-refractivity contribution in [3.63, 3.8) is 0 Å². The van der Waals surface area contributed by atoms with Crippen LogP contribution in [-0.2, 0) is 56.8 Å². The highest BCUT2D eigenvalue weighted by molar-refractivity contribution is 6.26. The molecule has 4 aromatic carbocycles. The quantitative estimate of drug-likeness (QED) is 0.0441. The molecule has 4 aromatic rings. The van der Waals surface area contributed by atoms with Crippen molar-refractivity contribution in [1.29, 1.82) is 0 Å². The van der Waals surface area contributed by atoms with E-state index in [1.165, 1.54) is 34.5 Å². The Morgan fingerprint density at radius 2 is 1.00 bits per heavy atom. The minimum absolute atomic E-state index is 0.0730. The molecule has 4 fully saturated rings. The van der Waals surface area contributed by atoms with Crippen LogP contribution in [0.4, 0.5) is 0 Å². The van der Waals surface area contributed by atoms with Crippen LogP contribution < -0.4 is 16.2 Å². The summed E-state index contributed by atoms with van der Waals surface area (Å²) in [5.74, 6) is -11.5. The third-order valence-corrected chi connectivity index (χ3v) is 21.9. The van der Waals surface area contributed by atoms with Gasteiger partial charge in [-0.15, -0.1) is 0 Å². The van der Waals surface area contributed by atoms with Gasteiger partial charge in [0.15, 0.2) is 53.4 Å². The van der Waals surface area contributed by atoms with E-state index in [4.69, 9.17) is 56.8 Å². The molecule has 8 aliphatic rings. The molecule has 28 heteroatoms. The summed E-state index contributed by atoms with van der Waals surface area (Å²) in [4.78, 5) is 81.4. The number of carbonyl (C=O) groups excluding carboxylic acids is 3. The fraction of sp³-hybridized carbons (Fsp3) is 0.600. The molecule has 98 heavy (non-hydrogen) atoms. The van der Waals surface area contributed by atoms with Crippen LogP contribution in [0.1, 0.15) is 134 Å². The van der Waals surface area contributed by atoms with E-state index in [-0.39, 0.29) is 48.8 Å². The number of aliphatic hydroxyl groups excluding tert-OH is 3. The zero-order valence-corrected chi connectivity index (χ0v) is 57.0. The number of ether oxygens (including phenoxy) is 12. The van der Waals surface area contributed by atoms with Gasteiger partial charge in [-0.25, -0.2) is 0 Å². The molecular formula is C70H86N4O24. The minimum atomic E-state index is -2.49. The van der Waals surface area contributed by atoms with Gasteiger partial charge in [-0.2, -0.15) is 4.79 Å². The van der Waals surface area contributed by atoms with Crippen molar-refractivity contribution < 1.29 is 112 Å². The molecule has 4 aliphatic carbocycles. The van der Waals surface area contributed by atoms with Crippen LogP contribution in [0.5, 0.6) is 23.0 Å². The summed E-state index contributed by atoms with van der Waals surface area (Å²) >= 11 is 0. The fourth-order valence-corrected chi connectivity index (χ4v) is 17.7. The number of allylic oxidation sites excluding steroid dienone is 2. The first-order valence-corrected chi connectivity index (χ1v) is 33.1. The normalized spacial score (nSPS) is 36.4. The van der Waals surface area contributed by atoms with Gasteiger partial charge in [0.2, 0.25) is 0 Å². The van der Waals surface area contributed by atoms with Gasteiger partial charge in [-0.3, -0.25) is 24.0 Å². The number of ketones is 3. The van der Waals surface area contributed by atoms with Gasteiger partial charge in [0, 0.05) is 81.8 Å². The van der Waals surface area contributed by atoms with Gasteiger partial charge >= 0.3 is 5.36 Å². The summed E-state index contributed by atoms with van der Waals surface area (Å²) in [7, 11) is 12.9. The Bertz CT molecular complexity index is 4150. The van der Waals surface area contributed by atoms with E-state index in [9.17, 15) is 60.5 Å². The highest BCUT2D eigenvalue weighted by Gasteiger charge is 2.71. The molecule has 4 aliphatic heterocycles. The number of rotatable bonds is 17. The number of fused-ring (bicyclic) bond motifs is 8. The number of aromatic hydroxyl groups is 4. The first kappa shape index (κ1) is 71.1. The maximum absolute atomic E-state index is 17.9. The summed E-state index contributed by atoms with van der Waals surface area (Å²) in [5.41, 5.74) is 1.64. The van der Waals surface area contributed by atoms with Crippen molar-refractivity contribution >= 4 is 50.5 Å². The topological polar surface area (TPSA) is 381 Å². The van der Waals surface area contributed by atoms with Crippen molar-refractivity contribution in [2.45, 2.75) is 202 Å². The predicted molar refractivity (Wildman–Crippen MR) is 346 cm³/mol. The van der Waals surface area contributed by atoms with E-state index >= 15 is 4.79 Å². The van der Waals surface area contributed by atoms with Gasteiger partial charge in [0.05, 0.1) is 100 Å². The van der Waals surface area contributed by atoms with Crippen LogP contribution in [0.15, 0.2) is 45.2 Å². The standard InChI is InChI=1S/C70H86N4O24/c1-15-69(97-42-24-38(87-11)65(89-13)28(5)93-42)54(63(85)45-31(67(69)95-40-22-36(79)57(73(7)8)26(3)91-40)21-30-44(45)60(82)47-33(76)18-17-32(75)46(47)59(30)81)55-64(86)51-50-52(62(84)49-35(78)20-19-34(77)48(49)61(50)83)56(72-71)53(51)68(96-41-23-37(80)58(74(9)10)27(4)92-41)70(55,16-2)98-43-25-39(88-12)66(90-14)29(6)94-43/h17-21,26-29,36-43,54-55,57-58,65-68,79-85H,15-16,22-25H2,1-14H3/t26-,27-,28+,29-,36-,37-,38+,39-,40+,41+,42+,43-,54+,55+,57-,58?,65+,66-,67-,68-,69+,70+/m1/s1. The fourth-order valence-electron chi connectivity index (χ4n) is 17.7. The number of Topliss-reactive ketones (excluding diaryl/α,β-unsaturated/α-hetero) is 1. The van der Waals surface area contributed by atoms with Crippen LogP contribution in [-0.4, -0.2) is 240 Å². The molecule has 0 radical (unpaired) electrons. The van der Waals surface area contributed by atoms with Crippen LogP contribution >= 0.6 is 0 Å². The number of hydrogen-bond acceptors (Lipinski definition) is 26. The third-order valence-electron chi connectivity index (χ3n) is 21.9. The number of hydrogen-bond donors (Lipinski definition) is 7. The zero-order valence-electron chi connectivity index (χ0n) is 57.0. The lowest BCUT2D eigenvalue weighted by atomic mass is 9.55. The number of benzene rings is 3. The number of methoxy groups -OCH3 is 4. The SMILES string of the molecule is CC[C@@]1(O[C@H]2C[C@H](OC)[C@@H](OC)[C@H](C)O2)[C@H](O[C@H]2C[C@@H](O)[C@H](N(C)C)[C@@H](C)O2)C2=Cc3c(O)c4c(c(O)c3C2=C(O)[C@@H]1[C@H]1C(=O)c2c(c(=[N+]=[N-])c3c(O)c5c(=O)ccc(=O)c5c(O)c23)[C@@H](O[C@H]2C[C@@H](O)C(N(C)C)[C@@H](C)O2)[C@@]1(CC)O[C@@H]1C[C@@H](OC)[C@H](OC)[C@@H](C)O1)C(=O)C=CC4=O. The number of carbonyl (C=O) groups is 3. The first-order valence-electron chi connectivity index (χ1n) is 33.1. The lowest BCUT2D eigenvalue weighted by Gasteiger charge is -2.59. The van der Waals surface area contributed by atoms with Gasteiger partial charge in [-0.1, -0.05) is 13.8 Å². The summed E-state index contributed by atoms with van der Waals surface area (Å²) in [6, 6.07) is 0.543. The lowest BCUT2D eigenvalue weighted by molar-refractivity contribution is -0.351. The molecule has 0 spiro atoms. The molecule has 4 saturated heterocycles. The molecule has 4 heterocycles. The van der Waals surface area contributed by atoms with E-state index in [2.05, 4.69) is 4.79 Å². The maximum Gasteiger partial charge on any atom is 0.333 e. The number of aliphatic hydroxyl groups is 3. The van der Waals surface area contributed by atoms with Gasteiger partial charge in [0.25, 0.3) is 0 Å². The minimum Gasteiger partial charge on any atom is -0.511 e. The average molecular weight is 1370 g/mol. The molecule has 7 N–H and O–H groups in total. The van der Waals surface area contributed by atoms with Crippen LogP contribution in [0.2, 0.25) is 0 Å². The number of phenolic OH excluding ortho intramolecular Hbond substituents is 4. The van der Waals surface area contributed by atoms with Crippen LogP contribution in [0.25, 0.3) is 38.7 Å². The Hall–Kier alpha value is -6.77. The molecule has 530 valence electrons. The summed E-state index contributed by atoms with van der Waals surface area (Å²) in [6.45, 7) is 10.1. The summed E-state index contributed by atoms with van der Waals surface area (Å²) in [5, 5.41) is 86.6. The van der Waals surface area contributed by atoms with Crippen molar-refractivity contribution in [2.75, 3.05) is 56.6 Å². The van der Waals surface area contributed by atoms with Crippen LogP contribution in [0.3, 0.4) is 0 Å². The second-order valence-electron chi connectivity index (χ2n) is 27.4. The highest BCUT2D eigenvalue weighted by Crippen LogP contribution is 2.65. The predicted octanol–water partition coefficient (Wildman–Crippen LogP) is 4.24. The number of nitrogens with zero attached hydrogens (tertiary/aromatic N) is 4. The van der Waals surface area contributed by atoms with Gasteiger partial charge in [-0.05, 0) is 105 Å². The molecule has 0 bridgehead atoms. The Morgan fingerprint density at radius 3 is 1.44 bits per heavy atom. The molecule has 0 aromatic heterocycles. The monoisotopic (exact) mass is 1370 g/mol. The summed E-state index contributed by atoms with van der Waals surface area (Å²) in [6.07, 6.45) is -16.4. The van der Waals surface area contributed by atoms with E-state index in [0.717, 1.165) is 24.3 Å². The van der Waals surface area contributed by atoms with Crippen molar-refractivity contribution in [2.24, 2.45) is 11.8 Å². The molecular weight excluding hydrogens is 1280 g/mol. The smallest absolute Gasteiger partial charge is 0.333 e. The molecule has 12 rings (SSSR count). The zero-order chi connectivity index (χ0) is 71.0. The lowest BCUT2D eigenvalue weighted by Crippen LogP contribution is -2.68. The highest BCUT2D eigenvalue weighted by atomic mass is 16.7. The first-order chi connectivity index (χ1) is 46.5. The van der Waals surface area contributed by atoms with Gasteiger partial charge in [0.1, 0.15) is 69.8 Å². The van der Waals surface area contributed by atoms with Crippen molar-refractivity contribution in [3.05, 3.63) is 100 Å². The van der Waals surface area contributed by atoms with Crippen LogP contribution in [0, 0.1) is 11.8 Å². The maximum atomic E-state index is 17.9. The average Bonchev–Trinajstić information content (AvgIpc) is 1.39. The molecule has 28 nitrogen and oxygen atoms in total. The molecule has 0 saturated carbocycles. The Balaban J connectivity index is 1.24. The number of phenols is 4. The molecule has 0 amide bonds. The van der Waals surface area contributed by atoms with Crippen molar-refractivity contribution in [1.82, 2.24) is 9.80 Å². The number of likely N-dealkylation sites (N-methyl/N-ethyl adjacent to an activating group) is 2. The second-order valence-corrected chi connectivity index (χ2v) is 27.4. The Morgan fingerprint density at radius 1 is 0.551 bits per heavy atom. The molecule has 22 atom stereocenters. The largest absolute Gasteiger partial charge is 0.511 e. The molecule has 1 unspecified atom stereocenters. The third kappa shape index (κ3) is 10.8. The second kappa shape index (κ2) is 26.6.